The Kier molecular flexibility index (Phi) is 5.21. The molecule has 0 amide bonds. The summed E-state index contributed by atoms with van der Waals surface area (Å²) in [4.78, 5) is 23.9. The van der Waals surface area contributed by atoms with Crippen molar-refractivity contribution in [1.29, 1.82) is 0 Å². The first-order chi connectivity index (χ1) is 7.97. The van der Waals surface area contributed by atoms with E-state index >= 15 is 0 Å². The van der Waals surface area contributed by atoms with Gasteiger partial charge in [0.2, 0.25) is 0 Å². The molecule has 0 aliphatic heterocycles. The van der Waals surface area contributed by atoms with Gasteiger partial charge in [0.25, 0.3) is 0 Å². The topological polar surface area (TPSA) is 43.4 Å². The van der Waals surface area contributed by atoms with Crippen molar-refractivity contribution >= 4 is 40.3 Å². The number of hydrogen-bond acceptors (Lipinski definition) is 4. The van der Waals surface area contributed by atoms with Crippen LogP contribution in [0.5, 0.6) is 0 Å². The molecule has 0 aliphatic rings. The molecule has 0 saturated heterocycles. The van der Waals surface area contributed by atoms with E-state index in [9.17, 15) is 9.59 Å². The second-order valence-corrected chi connectivity index (χ2v) is 5.32. The summed E-state index contributed by atoms with van der Waals surface area (Å²) in [5.41, 5.74) is 0.612. The molecule has 1 rings (SSSR count). The molecule has 0 radical (unpaired) electrons. The minimum absolute atomic E-state index is 0.151. The Labute approximate surface area is 114 Å². The lowest BCUT2D eigenvalue weighted by Gasteiger charge is -2.10. The maximum absolute atomic E-state index is 11.9. The zero-order valence-electron chi connectivity index (χ0n) is 9.57. The number of halogens is 1. The minimum Gasteiger partial charge on any atom is -0.462 e. The molecule has 1 unspecified atom stereocenters. The van der Waals surface area contributed by atoms with Gasteiger partial charge in [-0.1, -0.05) is 15.9 Å². The molecule has 0 spiro atoms. The van der Waals surface area contributed by atoms with Crippen molar-refractivity contribution in [3.05, 3.63) is 29.3 Å². The lowest BCUT2D eigenvalue weighted by Crippen LogP contribution is -2.16. The van der Waals surface area contributed by atoms with Gasteiger partial charge in [-0.25, -0.2) is 4.79 Å². The molecule has 0 bridgehead atoms. The van der Waals surface area contributed by atoms with E-state index in [1.54, 1.807) is 32.0 Å². The Balaban J connectivity index is 3.21. The summed E-state index contributed by atoms with van der Waals surface area (Å²) in [6.45, 7) is 3.70. The molecular weight excluding hydrogens is 304 g/mol. The largest absolute Gasteiger partial charge is 0.462 e. The molecule has 5 heteroatoms. The van der Waals surface area contributed by atoms with Gasteiger partial charge in [-0.2, -0.15) is 0 Å². The molecule has 3 nitrogen and oxygen atoms in total. The molecule has 0 aliphatic carbocycles. The van der Waals surface area contributed by atoms with Crippen LogP contribution in [0, 0.1) is 0 Å². The van der Waals surface area contributed by atoms with Gasteiger partial charge in [-0.3, -0.25) is 4.79 Å². The average molecular weight is 317 g/mol. The number of alkyl halides is 1. The van der Waals surface area contributed by atoms with Crippen LogP contribution in [0.25, 0.3) is 0 Å². The highest BCUT2D eigenvalue weighted by atomic mass is 79.9. The number of ether oxygens (including phenoxy) is 1. The Morgan fingerprint density at radius 2 is 2.06 bits per heavy atom. The van der Waals surface area contributed by atoms with E-state index in [-0.39, 0.29) is 22.8 Å². The summed E-state index contributed by atoms with van der Waals surface area (Å²) >= 11 is 7.35. The predicted octanol–water partition coefficient (Wildman–Crippen LogP) is 3.12. The molecule has 0 saturated carbocycles. The number of benzene rings is 1. The molecule has 0 fully saturated rings. The van der Waals surface area contributed by atoms with Crippen molar-refractivity contribution in [2.45, 2.75) is 23.6 Å². The molecule has 0 N–H and O–H groups in total. The number of rotatable bonds is 4. The number of hydrogen-bond donors (Lipinski definition) is 1. The van der Waals surface area contributed by atoms with Crippen LogP contribution in [0.1, 0.15) is 34.6 Å². The van der Waals surface area contributed by atoms with Gasteiger partial charge in [0.1, 0.15) is 0 Å². The lowest BCUT2D eigenvalue weighted by atomic mass is 10.0. The standard InChI is InChI=1S/C12H13BrO3S/c1-3-16-12(15)10-6-8(17)4-5-9(10)11(14)7(2)13/h4-7,17H,3H2,1-2H3. The molecule has 17 heavy (non-hydrogen) atoms. The molecule has 1 aromatic carbocycles. The Bertz CT molecular complexity index is 443. The van der Waals surface area contributed by atoms with Crippen LogP contribution >= 0.6 is 28.6 Å². The van der Waals surface area contributed by atoms with Gasteiger partial charge in [0, 0.05) is 10.5 Å². The van der Waals surface area contributed by atoms with Gasteiger partial charge < -0.3 is 4.74 Å². The highest BCUT2D eigenvalue weighted by molar-refractivity contribution is 9.10. The van der Waals surface area contributed by atoms with E-state index in [0.717, 1.165) is 0 Å². The minimum atomic E-state index is -0.500. The summed E-state index contributed by atoms with van der Waals surface area (Å²) in [5.74, 6) is -0.652. The monoisotopic (exact) mass is 316 g/mol. The van der Waals surface area contributed by atoms with Gasteiger partial charge in [-0.05, 0) is 32.0 Å². The number of carbonyl (C=O) groups excluding carboxylic acids is 2. The van der Waals surface area contributed by atoms with Gasteiger partial charge in [0.05, 0.1) is 17.0 Å². The molecule has 0 aromatic heterocycles. The van der Waals surface area contributed by atoms with Crippen LogP contribution in [0.4, 0.5) is 0 Å². The summed E-state index contributed by atoms with van der Waals surface area (Å²) in [6, 6.07) is 4.81. The maximum Gasteiger partial charge on any atom is 0.338 e. The number of esters is 1. The quantitative estimate of drug-likeness (QED) is 0.402. The molecule has 92 valence electrons. The fraction of sp³-hybridized carbons (Fsp3) is 0.333. The summed E-state index contributed by atoms with van der Waals surface area (Å²) in [7, 11) is 0. The zero-order chi connectivity index (χ0) is 13.0. The third-order valence-electron chi connectivity index (χ3n) is 2.13. The first kappa shape index (κ1) is 14.3. The maximum atomic E-state index is 11.9. The fourth-order valence-corrected chi connectivity index (χ4v) is 1.79. The van der Waals surface area contributed by atoms with Crippen molar-refractivity contribution in [3.8, 4) is 0 Å². The van der Waals surface area contributed by atoms with Crippen LogP contribution < -0.4 is 0 Å². The van der Waals surface area contributed by atoms with E-state index in [1.807, 2.05) is 0 Å². The molecule has 1 atom stereocenters. The lowest BCUT2D eigenvalue weighted by molar-refractivity contribution is 0.0523. The number of ketones is 1. The van der Waals surface area contributed by atoms with E-state index < -0.39 is 5.97 Å². The highest BCUT2D eigenvalue weighted by Crippen LogP contribution is 2.19. The fourth-order valence-electron chi connectivity index (χ4n) is 1.34. The first-order valence-electron chi connectivity index (χ1n) is 5.15. The Hall–Kier alpha value is -0.810. The second-order valence-electron chi connectivity index (χ2n) is 3.43. The van der Waals surface area contributed by atoms with Gasteiger partial charge >= 0.3 is 5.97 Å². The number of thiol groups is 1. The van der Waals surface area contributed by atoms with Crippen molar-refractivity contribution < 1.29 is 14.3 Å². The third-order valence-corrected chi connectivity index (χ3v) is 2.82. The van der Waals surface area contributed by atoms with Crippen LogP contribution in [-0.4, -0.2) is 23.2 Å². The smallest absolute Gasteiger partial charge is 0.338 e. The predicted molar refractivity (Wildman–Crippen MR) is 72.4 cm³/mol. The van der Waals surface area contributed by atoms with Crippen LogP contribution in [0.2, 0.25) is 0 Å². The molecule has 0 heterocycles. The van der Waals surface area contributed by atoms with Gasteiger partial charge in [0.15, 0.2) is 5.78 Å². The van der Waals surface area contributed by atoms with Crippen molar-refractivity contribution in [1.82, 2.24) is 0 Å². The molecule has 1 aromatic rings. The highest BCUT2D eigenvalue weighted by Gasteiger charge is 2.20. The normalized spacial score (nSPS) is 12.0. The molecular formula is C12H13BrO3S. The number of Topliss-reactive ketones (excluding diaryl/α,β-unsaturated/α-hetero) is 1. The Morgan fingerprint density at radius 3 is 2.59 bits per heavy atom. The van der Waals surface area contributed by atoms with E-state index in [4.69, 9.17) is 4.74 Å². The summed E-state index contributed by atoms with van der Waals surface area (Å²) in [6.07, 6.45) is 0. The van der Waals surface area contributed by atoms with Crippen LogP contribution in [0.15, 0.2) is 23.1 Å². The zero-order valence-corrected chi connectivity index (χ0v) is 12.0. The van der Waals surface area contributed by atoms with E-state index in [1.165, 1.54) is 0 Å². The third kappa shape index (κ3) is 3.57. The second kappa shape index (κ2) is 6.21. The van der Waals surface area contributed by atoms with E-state index in [0.29, 0.717) is 10.5 Å². The SMILES string of the molecule is CCOC(=O)c1cc(S)ccc1C(=O)C(C)Br. The summed E-state index contributed by atoms with van der Waals surface area (Å²) < 4.78 is 4.91. The van der Waals surface area contributed by atoms with Gasteiger partial charge in [-0.15, -0.1) is 12.6 Å². The van der Waals surface area contributed by atoms with Crippen molar-refractivity contribution in [2.75, 3.05) is 6.61 Å². The van der Waals surface area contributed by atoms with Crippen LogP contribution in [0.3, 0.4) is 0 Å². The summed E-state index contributed by atoms with van der Waals surface area (Å²) in [5, 5.41) is 0. The van der Waals surface area contributed by atoms with Crippen molar-refractivity contribution in [3.63, 3.8) is 0 Å². The number of carbonyl (C=O) groups is 2. The average Bonchev–Trinajstić information content (AvgIpc) is 2.28. The first-order valence-corrected chi connectivity index (χ1v) is 6.52. The van der Waals surface area contributed by atoms with E-state index in [2.05, 4.69) is 28.6 Å². The Morgan fingerprint density at radius 1 is 1.41 bits per heavy atom. The van der Waals surface area contributed by atoms with Crippen molar-refractivity contribution in [2.24, 2.45) is 0 Å². The van der Waals surface area contributed by atoms with Crippen LogP contribution in [-0.2, 0) is 4.74 Å².